The van der Waals surface area contributed by atoms with Gasteiger partial charge < -0.3 is 5.21 Å². The second-order valence-electron chi connectivity index (χ2n) is 1.89. The molecule has 0 spiro atoms. The second kappa shape index (κ2) is 3.48. The summed E-state index contributed by atoms with van der Waals surface area (Å²) >= 11 is 3.00. The Morgan fingerprint density at radius 1 is 1.55 bits per heavy atom. The zero-order valence-electron chi connectivity index (χ0n) is 5.46. The van der Waals surface area contributed by atoms with E-state index in [0.29, 0.717) is 4.47 Å². The van der Waals surface area contributed by atoms with Crippen molar-refractivity contribution in [2.24, 2.45) is 5.16 Å². The van der Waals surface area contributed by atoms with Crippen molar-refractivity contribution in [3.8, 4) is 0 Å². The minimum atomic E-state index is -0.426. The summed E-state index contributed by atoms with van der Waals surface area (Å²) in [4.78, 5) is 0. The highest BCUT2D eigenvalue weighted by molar-refractivity contribution is 9.10. The number of hydrogen-bond acceptors (Lipinski definition) is 2. The molecule has 0 amide bonds. The summed E-state index contributed by atoms with van der Waals surface area (Å²) in [5, 5.41) is 10.8. The molecule has 0 aliphatic rings. The van der Waals surface area contributed by atoms with E-state index in [0.717, 1.165) is 6.21 Å². The number of halogens is 2. The lowest BCUT2D eigenvalue weighted by Crippen LogP contribution is -1.88. The van der Waals surface area contributed by atoms with E-state index in [4.69, 9.17) is 5.21 Å². The Bertz CT molecular complexity index is 288. The molecule has 0 bridgehead atoms. The van der Waals surface area contributed by atoms with Crippen LogP contribution in [0.5, 0.6) is 0 Å². The molecule has 58 valence electrons. The minimum absolute atomic E-state index is 0.252. The van der Waals surface area contributed by atoms with Gasteiger partial charge in [0.05, 0.1) is 10.7 Å². The third-order valence-corrected chi connectivity index (χ3v) is 1.79. The second-order valence-corrected chi connectivity index (χ2v) is 2.74. The Hall–Kier alpha value is -0.900. The smallest absolute Gasteiger partial charge is 0.146 e. The molecule has 0 aliphatic heterocycles. The SMILES string of the molecule is ON=Cc1cccc(Br)c1F. The monoisotopic (exact) mass is 217 g/mol. The highest BCUT2D eigenvalue weighted by atomic mass is 79.9. The molecule has 1 aromatic rings. The van der Waals surface area contributed by atoms with Gasteiger partial charge in [-0.3, -0.25) is 0 Å². The zero-order chi connectivity index (χ0) is 8.27. The molecule has 11 heavy (non-hydrogen) atoms. The first kappa shape index (κ1) is 8.20. The van der Waals surface area contributed by atoms with Crippen LogP contribution >= 0.6 is 15.9 Å². The average molecular weight is 218 g/mol. The van der Waals surface area contributed by atoms with Crippen molar-refractivity contribution in [2.45, 2.75) is 0 Å². The maximum Gasteiger partial charge on any atom is 0.146 e. The molecule has 0 saturated heterocycles. The van der Waals surface area contributed by atoms with Crippen LogP contribution in [0.25, 0.3) is 0 Å². The van der Waals surface area contributed by atoms with E-state index < -0.39 is 5.82 Å². The van der Waals surface area contributed by atoms with Crippen LogP contribution in [0.1, 0.15) is 5.56 Å². The van der Waals surface area contributed by atoms with Crippen molar-refractivity contribution in [1.82, 2.24) is 0 Å². The first-order valence-electron chi connectivity index (χ1n) is 2.87. The van der Waals surface area contributed by atoms with Crippen molar-refractivity contribution in [3.63, 3.8) is 0 Å². The molecule has 1 N–H and O–H groups in total. The summed E-state index contributed by atoms with van der Waals surface area (Å²) in [6, 6.07) is 4.74. The lowest BCUT2D eigenvalue weighted by Gasteiger charge is -1.95. The van der Waals surface area contributed by atoms with E-state index in [2.05, 4.69) is 21.1 Å². The lowest BCUT2D eigenvalue weighted by atomic mass is 10.2. The number of nitrogens with zero attached hydrogens (tertiary/aromatic N) is 1. The lowest BCUT2D eigenvalue weighted by molar-refractivity contribution is 0.321. The van der Waals surface area contributed by atoms with Crippen LogP contribution in [0.4, 0.5) is 4.39 Å². The Balaban J connectivity index is 3.16. The summed E-state index contributed by atoms with van der Waals surface area (Å²) in [6.45, 7) is 0. The largest absolute Gasteiger partial charge is 0.411 e. The van der Waals surface area contributed by atoms with Gasteiger partial charge in [0.2, 0.25) is 0 Å². The number of rotatable bonds is 1. The van der Waals surface area contributed by atoms with E-state index in [-0.39, 0.29) is 5.56 Å². The van der Waals surface area contributed by atoms with Crippen molar-refractivity contribution in [3.05, 3.63) is 34.1 Å². The molecule has 0 atom stereocenters. The van der Waals surface area contributed by atoms with Crippen molar-refractivity contribution >= 4 is 22.1 Å². The van der Waals surface area contributed by atoms with Crippen LogP contribution in [-0.4, -0.2) is 11.4 Å². The molecular weight excluding hydrogens is 213 g/mol. The van der Waals surface area contributed by atoms with Crippen LogP contribution in [0, 0.1) is 5.82 Å². The highest BCUT2D eigenvalue weighted by Gasteiger charge is 2.02. The molecule has 0 aliphatic carbocycles. The maximum absolute atomic E-state index is 12.9. The summed E-state index contributed by atoms with van der Waals surface area (Å²) in [5.74, 6) is -0.426. The molecule has 2 nitrogen and oxygen atoms in total. The topological polar surface area (TPSA) is 32.6 Å². The third-order valence-electron chi connectivity index (χ3n) is 1.18. The molecular formula is C7H5BrFNO. The first-order valence-corrected chi connectivity index (χ1v) is 3.66. The van der Waals surface area contributed by atoms with Gasteiger partial charge in [0.15, 0.2) is 0 Å². The Morgan fingerprint density at radius 2 is 2.27 bits per heavy atom. The fourth-order valence-electron chi connectivity index (χ4n) is 0.682. The number of benzene rings is 1. The quantitative estimate of drug-likeness (QED) is 0.438. The highest BCUT2D eigenvalue weighted by Crippen LogP contribution is 2.16. The van der Waals surface area contributed by atoms with Gasteiger partial charge >= 0.3 is 0 Å². The van der Waals surface area contributed by atoms with E-state index in [1.54, 1.807) is 12.1 Å². The van der Waals surface area contributed by atoms with Gasteiger partial charge in [0.1, 0.15) is 5.82 Å². The van der Waals surface area contributed by atoms with Crippen molar-refractivity contribution in [1.29, 1.82) is 0 Å². The zero-order valence-corrected chi connectivity index (χ0v) is 7.05. The predicted molar refractivity (Wildman–Crippen MR) is 43.5 cm³/mol. The maximum atomic E-state index is 12.9. The summed E-state index contributed by atoms with van der Waals surface area (Å²) < 4.78 is 13.3. The molecule has 1 rings (SSSR count). The van der Waals surface area contributed by atoms with Crippen LogP contribution in [-0.2, 0) is 0 Å². The third kappa shape index (κ3) is 1.77. The van der Waals surface area contributed by atoms with E-state index in [9.17, 15) is 4.39 Å². The van der Waals surface area contributed by atoms with Crippen LogP contribution in [0.3, 0.4) is 0 Å². The van der Waals surface area contributed by atoms with Gasteiger partial charge in [-0.15, -0.1) is 0 Å². The Kier molecular flexibility index (Phi) is 2.59. The van der Waals surface area contributed by atoms with Gasteiger partial charge in [0.25, 0.3) is 0 Å². The van der Waals surface area contributed by atoms with E-state index in [1.165, 1.54) is 6.07 Å². The molecule has 4 heteroatoms. The minimum Gasteiger partial charge on any atom is -0.411 e. The van der Waals surface area contributed by atoms with Crippen LogP contribution in [0.15, 0.2) is 27.8 Å². The number of oxime groups is 1. The van der Waals surface area contributed by atoms with Gasteiger partial charge in [-0.2, -0.15) is 0 Å². The summed E-state index contributed by atoms with van der Waals surface area (Å²) in [5.41, 5.74) is 0.252. The van der Waals surface area contributed by atoms with Gasteiger partial charge in [0, 0.05) is 5.56 Å². The normalized spacial score (nSPS) is 10.7. The van der Waals surface area contributed by atoms with Gasteiger partial charge in [-0.1, -0.05) is 17.3 Å². The molecule has 0 unspecified atom stereocenters. The standard InChI is InChI=1S/C7H5BrFNO/c8-6-3-1-2-5(4-10-11)7(6)9/h1-4,11H. The Morgan fingerprint density at radius 3 is 2.91 bits per heavy atom. The predicted octanol–water partition coefficient (Wildman–Crippen LogP) is 2.40. The molecule has 0 fully saturated rings. The van der Waals surface area contributed by atoms with Crippen LogP contribution < -0.4 is 0 Å². The fourth-order valence-corrected chi connectivity index (χ4v) is 1.06. The summed E-state index contributed by atoms with van der Waals surface area (Å²) in [7, 11) is 0. The van der Waals surface area contributed by atoms with E-state index >= 15 is 0 Å². The molecule has 0 heterocycles. The van der Waals surface area contributed by atoms with Crippen LogP contribution in [0.2, 0.25) is 0 Å². The van der Waals surface area contributed by atoms with Gasteiger partial charge in [-0.25, -0.2) is 4.39 Å². The average Bonchev–Trinajstić information content (AvgIpc) is 1.99. The summed E-state index contributed by atoms with van der Waals surface area (Å²) in [6.07, 6.45) is 1.04. The molecule has 0 aromatic heterocycles. The van der Waals surface area contributed by atoms with Gasteiger partial charge in [-0.05, 0) is 22.0 Å². The van der Waals surface area contributed by atoms with Crippen molar-refractivity contribution < 1.29 is 9.60 Å². The molecule has 1 aromatic carbocycles. The fraction of sp³-hybridized carbons (Fsp3) is 0. The molecule has 0 radical (unpaired) electrons. The van der Waals surface area contributed by atoms with Crippen molar-refractivity contribution in [2.75, 3.05) is 0 Å². The molecule has 0 saturated carbocycles. The first-order chi connectivity index (χ1) is 5.25. The Labute approximate surface area is 71.5 Å². The number of hydrogen-bond donors (Lipinski definition) is 1. The van der Waals surface area contributed by atoms with E-state index in [1.807, 2.05) is 0 Å².